The molecular weight excluding hydrogens is 274 g/mol. The van der Waals surface area contributed by atoms with E-state index in [2.05, 4.69) is 9.97 Å². The molecule has 0 amide bonds. The molecule has 0 aliphatic carbocycles. The maximum Gasteiger partial charge on any atom is 0.229 e. The van der Waals surface area contributed by atoms with Crippen LogP contribution in [0.15, 0.2) is 53.8 Å². The van der Waals surface area contributed by atoms with Crippen molar-refractivity contribution in [3.05, 3.63) is 54.2 Å². The summed E-state index contributed by atoms with van der Waals surface area (Å²) in [7, 11) is -3.40. The Morgan fingerprint density at radius 2 is 1.85 bits per heavy atom. The number of hydrogen-bond donors (Lipinski definition) is 0. The molecule has 3 aromatic rings. The number of nitrogens with zero attached hydrogens (tertiary/aromatic N) is 3. The van der Waals surface area contributed by atoms with Crippen LogP contribution in [0.2, 0.25) is 0 Å². The summed E-state index contributed by atoms with van der Waals surface area (Å²) in [6, 6.07) is 13.2. The lowest BCUT2D eigenvalue weighted by molar-refractivity contribution is 0.580. The summed E-state index contributed by atoms with van der Waals surface area (Å²) < 4.78 is 25.4. The molecule has 5 nitrogen and oxygen atoms in total. The van der Waals surface area contributed by atoms with E-state index < -0.39 is 9.84 Å². The normalized spacial score (nSPS) is 11.8. The molecule has 1 aromatic carbocycles. The van der Waals surface area contributed by atoms with Gasteiger partial charge in [0.25, 0.3) is 0 Å². The average Bonchev–Trinajstić information content (AvgIpc) is 2.79. The largest absolute Gasteiger partial charge is 0.295 e. The van der Waals surface area contributed by atoms with Gasteiger partial charge in [-0.05, 0) is 17.7 Å². The Kier molecular flexibility index (Phi) is 3.02. The zero-order chi connectivity index (χ0) is 14.2. The van der Waals surface area contributed by atoms with Crippen LogP contribution in [0.25, 0.3) is 11.2 Å². The molecule has 0 saturated carbocycles. The summed E-state index contributed by atoms with van der Waals surface area (Å²) in [5, 5.41) is 0.0510. The molecule has 102 valence electrons. The van der Waals surface area contributed by atoms with Crippen LogP contribution in [-0.2, 0) is 16.4 Å². The topological polar surface area (TPSA) is 64.8 Å². The molecule has 0 fully saturated rings. The third-order valence-corrected chi connectivity index (χ3v) is 3.96. The molecule has 0 bridgehead atoms. The second-order valence-electron chi connectivity index (χ2n) is 4.58. The third-order valence-electron chi connectivity index (χ3n) is 2.98. The summed E-state index contributed by atoms with van der Waals surface area (Å²) in [4.78, 5) is 8.44. The molecule has 20 heavy (non-hydrogen) atoms. The van der Waals surface area contributed by atoms with Crippen LogP contribution in [0.1, 0.15) is 5.56 Å². The molecular formula is C14H13N3O2S. The van der Waals surface area contributed by atoms with Gasteiger partial charge in [-0.1, -0.05) is 30.3 Å². The van der Waals surface area contributed by atoms with Crippen LogP contribution in [0.4, 0.5) is 0 Å². The molecule has 0 aliphatic heterocycles. The SMILES string of the molecule is CS(=O)(=O)c1nc2cccnc2n1Cc1ccccc1. The minimum atomic E-state index is -3.40. The number of hydrogen-bond acceptors (Lipinski definition) is 4. The molecule has 0 saturated heterocycles. The molecule has 2 heterocycles. The van der Waals surface area contributed by atoms with E-state index in [4.69, 9.17) is 0 Å². The first-order valence-electron chi connectivity index (χ1n) is 6.11. The molecule has 0 spiro atoms. The van der Waals surface area contributed by atoms with E-state index in [1.165, 1.54) is 0 Å². The first-order valence-corrected chi connectivity index (χ1v) is 8.00. The van der Waals surface area contributed by atoms with Gasteiger partial charge in [-0.2, -0.15) is 0 Å². The molecule has 0 atom stereocenters. The van der Waals surface area contributed by atoms with Crippen LogP contribution in [0.3, 0.4) is 0 Å². The quantitative estimate of drug-likeness (QED) is 0.738. The van der Waals surface area contributed by atoms with Gasteiger partial charge in [0.15, 0.2) is 5.65 Å². The van der Waals surface area contributed by atoms with Crippen molar-refractivity contribution in [2.75, 3.05) is 6.26 Å². The highest BCUT2D eigenvalue weighted by atomic mass is 32.2. The van der Waals surface area contributed by atoms with Gasteiger partial charge in [-0.3, -0.25) is 4.57 Å². The van der Waals surface area contributed by atoms with Crippen LogP contribution in [0, 0.1) is 0 Å². The zero-order valence-electron chi connectivity index (χ0n) is 10.9. The van der Waals surface area contributed by atoms with E-state index in [1.807, 2.05) is 30.3 Å². The van der Waals surface area contributed by atoms with Gasteiger partial charge in [-0.15, -0.1) is 0 Å². The monoisotopic (exact) mass is 287 g/mol. The molecule has 0 aliphatic rings. The van der Waals surface area contributed by atoms with E-state index in [0.29, 0.717) is 17.7 Å². The van der Waals surface area contributed by atoms with E-state index >= 15 is 0 Å². The van der Waals surface area contributed by atoms with Crippen molar-refractivity contribution >= 4 is 21.0 Å². The van der Waals surface area contributed by atoms with Crippen molar-refractivity contribution in [3.63, 3.8) is 0 Å². The minimum Gasteiger partial charge on any atom is -0.295 e. The van der Waals surface area contributed by atoms with Gasteiger partial charge >= 0.3 is 0 Å². The second kappa shape index (κ2) is 4.72. The minimum absolute atomic E-state index is 0.0510. The number of sulfone groups is 1. The number of rotatable bonds is 3. The Balaban J connectivity index is 2.22. The third kappa shape index (κ3) is 2.30. The summed E-state index contributed by atoms with van der Waals surface area (Å²) in [6.45, 7) is 0.427. The summed E-state index contributed by atoms with van der Waals surface area (Å²) in [5.41, 5.74) is 2.17. The second-order valence-corrected chi connectivity index (χ2v) is 6.49. The van der Waals surface area contributed by atoms with Gasteiger partial charge in [0.1, 0.15) is 5.52 Å². The highest BCUT2D eigenvalue weighted by molar-refractivity contribution is 7.90. The summed E-state index contributed by atoms with van der Waals surface area (Å²) >= 11 is 0. The molecule has 0 N–H and O–H groups in total. The highest BCUT2D eigenvalue weighted by Crippen LogP contribution is 2.19. The fraction of sp³-hybridized carbons (Fsp3) is 0.143. The lowest BCUT2D eigenvalue weighted by Gasteiger charge is -2.07. The Morgan fingerprint density at radius 3 is 2.55 bits per heavy atom. The first kappa shape index (κ1) is 12.8. The summed E-state index contributed by atoms with van der Waals surface area (Å²) in [6.07, 6.45) is 2.80. The molecule has 3 rings (SSSR count). The van der Waals surface area contributed by atoms with Gasteiger partial charge in [0.2, 0.25) is 15.0 Å². The first-order chi connectivity index (χ1) is 9.55. The Hall–Kier alpha value is -2.21. The maximum atomic E-state index is 11.9. The van der Waals surface area contributed by atoms with Gasteiger partial charge in [-0.25, -0.2) is 18.4 Å². The molecule has 2 aromatic heterocycles. The number of imidazole rings is 1. The van der Waals surface area contributed by atoms with Gasteiger partial charge < -0.3 is 0 Å². The smallest absolute Gasteiger partial charge is 0.229 e. The lowest BCUT2D eigenvalue weighted by Crippen LogP contribution is -2.10. The fourth-order valence-electron chi connectivity index (χ4n) is 2.13. The van der Waals surface area contributed by atoms with E-state index in [0.717, 1.165) is 11.8 Å². The number of benzene rings is 1. The van der Waals surface area contributed by atoms with Crippen molar-refractivity contribution in [3.8, 4) is 0 Å². The highest BCUT2D eigenvalue weighted by Gasteiger charge is 2.19. The van der Waals surface area contributed by atoms with Crippen LogP contribution < -0.4 is 0 Å². The standard InChI is InChI=1S/C14H13N3O2S/c1-20(18,19)14-16-12-8-5-9-15-13(12)17(14)10-11-6-3-2-4-7-11/h2-9H,10H2,1H3. The molecule has 6 heteroatoms. The molecule has 0 unspecified atom stereocenters. The van der Waals surface area contributed by atoms with E-state index in [-0.39, 0.29) is 5.16 Å². The van der Waals surface area contributed by atoms with Crippen molar-refractivity contribution in [2.24, 2.45) is 0 Å². The van der Waals surface area contributed by atoms with Gasteiger partial charge in [0, 0.05) is 12.5 Å². The van der Waals surface area contributed by atoms with Crippen LogP contribution in [0.5, 0.6) is 0 Å². The summed E-state index contributed by atoms with van der Waals surface area (Å²) in [5.74, 6) is 0. The molecule has 0 radical (unpaired) electrons. The number of pyridine rings is 1. The van der Waals surface area contributed by atoms with Crippen molar-refractivity contribution in [1.29, 1.82) is 0 Å². The average molecular weight is 287 g/mol. The predicted octanol–water partition coefficient (Wildman–Crippen LogP) is 1.88. The van der Waals surface area contributed by atoms with Crippen molar-refractivity contribution in [1.82, 2.24) is 14.5 Å². The van der Waals surface area contributed by atoms with Crippen LogP contribution >= 0.6 is 0 Å². The number of fused-ring (bicyclic) bond motifs is 1. The zero-order valence-corrected chi connectivity index (χ0v) is 11.7. The fourth-order valence-corrected chi connectivity index (χ4v) is 2.94. The van der Waals surface area contributed by atoms with Crippen molar-refractivity contribution in [2.45, 2.75) is 11.7 Å². The van der Waals surface area contributed by atoms with Crippen molar-refractivity contribution < 1.29 is 8.42 Å². The Labute approximate surface area is 116 Å². The van der Waals surface area contributed by atoms with E-state index in [1.54, 1.807) is 22.9 Å². The predicted molar refractivity (Wildman–Crippen MR) is 76.2 cm³/mol. The van der Waals surface area contributed by atoms with Crippen LogP contribution in [-0.4, -0.2) is 29.2 Å². The maximum absolute atomic E-state index is 11.9. The Morgan fingerprint density at radius 1 is 1.10 bits per heavy atom. The van der Waals surface area contributed by atoms with E-state index in [9.17, 15) is 8.42 Å². The number of aromatic nitrogens is 3. The Bertz CT molecular complexity index is 855. The lowest BCUT2D eigenvalue weighted by atomic mass is 10.2. The van der Waals surface area contributed by atoms with Gasteiger partial charge in [0.05, 0.1) is 6.54 Å².